The standard InChI is InChI=1S/C18H32O5/c1-6-18(21,14(4)19)16(20)23-11-10-22-15-8-7-9-17(5,12-15)13(2)3/h13,15,21H,6-12H2,1-5H3. The number of esters is 1. The van der Waals surface area contributed by atoms with Crippen LogP contribution in [0.15, 0.2) is 0 Å². The highest BCUT2D eigenvalue weighted by Crippen LogP contribution is 2.42. The lowest BCUT2D eigenvalue weighted by molar-refractivity contribution is -0.172. The van der Waals surface area contributed by atoms with E-state index in [9.17, 15) is 14.7 Å². The maximum atomic E-state index is 11.8. The van der Waals surface area contributed by atoms with E-state index in [1.807, 2.05) is 0 Å². The number of rotatable bonds is 8. The van der Waals surface area contributed by atoms with Gasteiger partial charge in [0.2, 0.25) is 5.60 Å². The van der Waals surface area contributed by atoms with Crippen molar-refractivity contribution in [3.05, 3.63) is 0 Å². The Balaban J connectivity index is 2.38. The van der Waals surface area contributed by atoms with Crippen molar-refractivity contribution in [1.82, 2.24) is 0 Å². The van der Waals surface area contributed by atoms with Gasteiger partial charge in [-0.05, 0) is 43.9 Å². The smallest absolute Gasteiger partial charge is 0.346 e. The van der Waals surface area contributed by atoms with Crippen molar-refractivity contribution >= 4 is 11.8 Å². The van der Waals surface area contributed by atoms with Gasteiger partial charge in [-0.3, -0.25) is 4.79 Å². The Morgan fingerprint density at radius 2 is 2.00 bits per heavy atom. The Morgan fingerprint density at radius 1 is 1.35 bits per heavy atom. The second-order valence-electron chi connectivity index (χ2n) is 7.30. The molecule has 5 nitrogen and oxygen atoms in total. The Labute approximate surface area is 139 Å². The minimum atomic E-state index is -2.03. The van der Waals surface area contributed by atoms with Gasteiger partial charge in [0, 0.05) is 0 Å². The molecular weight excluding hydrogens is 296 g/mol. The zero-order valence-corrected chi connectivity index (χ0v) is 15.2. The molecule has 1 aliphatic rings. The topological polar surface area (TPSA) is 72.8 Å². The van der Waals surface area contributed by atoms with Gasteiger partial charge >= 0.3 is 5.97 Å². The van der Waals surface area contributed by atoms with E-state index in [0.717, 1.165) is 19.3 Å². The first-order valence-electron chi connectivity index (χ1n) is 8.68. The van der Waals surface area contributed by atoms with E-state index in [-0.39, 0.29) is 19.1 Å². The van der Waals surface area contributed by atoms with Gasteiger partial charge in [0.05, 0.1) is 12.7 Å². The molecule has 1 saturated carbocycles. The SMILES string of the molecule is CCC(O)(C(C)=O)C(=O)OCCOC1CCCC(C)(C(C)C)C1. The van der Waals surface area contributed by atoms with Crippen molar-refractivity contribution in [3.8, 4) is 0 Å². The molecule has 1 aliphatic carbocycles. The third-order valence-corrected chi connectivity index (χ3v) is 5.46. The van der Waals surface area contributed by atoms with Crippen molar-refractivity contribution in [2.24, 2.45) is 11.3 Å². The number of aliphatic hydroxyl groups is 1. The Morgan fingerprint density at radius 3 is 2.52 bits per heavy atom. The van der Waals surface area contributed by atoms with Gasteiger partial charge in [0.25, 0.3) is 0 Å². The number of Topliss-reactive ketones (excluding diaryl/α,β-unsaturated/α-hetero) is 1. The van der Waals surface area contributed by atoms with E-state index in [4.69, 9.17) is 9.47 Å². The van der Waals surface area contributed by atoms with Gasteiger partial charge in [-0.2, -0.15) is 0 Å². The molecule has 1 fully saturated rings. The first-order valence-corrected chi connectivity index (χ1v) is 8.68. The number of ether oxygens (including phenoxy) is 2. The molecule has 1 rings (SSSR count). The van der Waals surface area contributed by atoms with Gasteiger partial charge in [0.1, 0.15) is 6.61 Å². The largest absolute Gasteiger partial charge is 0.461 e. The first kappa shape index (κ1) is 20.1. The summed E-state index contributed by atoms with van der Waals surface area (Å²) in [4.78, 5) is 23.2. The molecule has 0 heterocycles. The Hall–Kier alpha value is -0.940. The minimum Gasteiger partial charge on any atom is -0.461 e. The van der Waals surface area contributed by atoms with Crippen LogP contribution in [0.4, 0.5) is 0 Å². The first-order chi connectivity index (χ1) is 10.7. The summed E-state index contributed by atoms with van der Waals surface area (Å²) in [7, 11) is 0. The fraction of sp³-hybridized carbons (Fsp3) is 0.889. The van der Waals surface area contributed by atoms with Crippen LogP contribution < -0.4 is 0 Å². The molecule has 0 aromatic carbocycles. The average Bonchev–Trinajstić information content (AvgIpc) is 2.50. The molecule has 0 amide bonds. The van der Waals surface area contributed by atoms with Crippen LogP contribution in [0.3, 0.4) is 0 Å². The predicted octanol–water partition coefficient (Wildman–Crippen LogP) is 2.88. The second kappa shape index (κ2) is 8.25. The minimum absolute atomic E-state index is 0.0113. The number of hydrogen-bond donors (Lipinski definition) is 1. The van der Waals surface area contributed by atoms with Crippen LogP contribution in [0.5, 0.6) is 0 Å². The maximum Gasteiger partial charge on any atom is 0.346 e. The van der Waals surface area contributed by atoms with Crippen molar-refractivity contribution in [2.45, 2.75) is 78.4 Å². The van der Waals surface area contributed by atoms with Crippen LogP contribution in [-0.4, -0.2) is 41.8 Å². The number of carbonyl (C=O) groups is 2. The molecule has 0 saturated heterocycles. The van der Waals surface area contributed by atoms with Gasteiger partial charge in [-0.1, -0.05) is 34.1 Å². The van der Waals surface area contributed by atoms with E-state index in [1.54, 1.807) is 6.92 Å². The van der Waals surface area contributed by atoms with Crippen LogP contribution in [-0.2, 0) is 19.1 Å². The van der Waals surface area contributed by atoms with Crippen molar-refractivity contribution in [1.29, 1.82) is 0 Å². The van der Waals surface area contributed by atoms with Crippen LogP contribution in [0.25, 0.3) is 0 Å². The van der Waals surface area contributed by atoms with Gasteiger partial charge < -0.3 is 14.6 Å². The fourth-order valence-electron chi connectivity index (χ4n) is 3.13. The van der Waals surface area contributed by atoms with Crippen LogP contribution in [0.1, 0.15) is 66.7 Å². The molecule has 23 heavy (non-hydrogen) atoms. The molecular formula is C18H32O5. The molecule has 1 N–H and O–H groups in total. The lowest BCUT2D eigenvalue weighted by Gasteiger charge is -2.41. The Kier molecular flexibility index (Phi) is 7.21. The van der Waals surface area contributed by atoms with E-state index in [1.165, 1.54) is 13.3 Å². The lowest BCUT2D eigenvalue weighted by atomic mass is 9.67. The number of hydrogen-bond acceptors (Lipinski definition) is 5. The summed E-state index contributed by atoms with van der Waals surface area (Å²) in [5, 5.41) is 9.98. The third-order valence-electron chi connectivity index (χ3n) is 5.46. The fourth-order valence-corrected chi connectivity index (χ4v) is 3.13. The monoisotopic (exact) mass is 328 g/mol. The summed E-state index contributed by atoms with van der Waals surface area (Å²) >= 11 is 0. The molecule has 134 valence electrons. The van der Waals surface area contributed by atoms with Crippen molar-refractivity contribution in [3.63, 3.8) is 0 Å². The number of carbonyl (C=O) groups excluding carboxylic acids is 2. The van der Waals surface area contributed by atoms with E-state index in [0.29, 0.717) is 17.9 Å². The predicted molar refractivity (Wildman–Crippen MR) is 88.0 cm³/mol. The molecule has 0 radical (unpaired) electrons. The summed E-state index contributed by atoms with van der Waals surface area (Å²) in [5.74, 6) is -0.862. The highest BCUT2D eigenvalue weighted by molar-refractivity contribution is 6.05. The third kappa shape index (κ3) is 5.01. The van der Waals surface area contributed by atoms with Gasteiger partial charge in [-0.25, -0.2) is 4.79 Å². The molecule has 0 aromatic rings. The highest BCUT2D eigenvalue weighted by Gasteiger charge is 2.41. The van der Waals surface area contributed by atoms with Crippen LogP contribution >= 0.6 is 0 Å². The van der Waals surface area contributed by atoms with Crippen LogP contribution in [0, 0.1) is 11.3 Å². The zero-order chi connectivity index (χ0) is 17.7. The van der Waals surface area contributed by atoms with Gasteiger partial charge in [0.15, 0.2) is 5.78 Å². The van der Waals surface area contributed by atoms with E-state index < -0.39 is 17.4 Å². The number of ketones is 1. The Bertz CT molecular complexity index is 420. The molecule has 3 atom stereocenters. The second-order valence-corrected chi connectivity index (χ2v) is 7.30. The zero-order valence-electron chi connectivity index (χ0n) is 15.2. The van der Waals surface area contributed by atoms with Crippen molar-refractivity contribution < 1.29 is 24.2 Å². The molecule has 3 unspecified atom stereocenters. The quantitative estimate of drug-likeness (QED) is 0.421. The summed E-state index contributed by atoms with van der Waals surface area (Å²) in [5.41, 5.74) is -1.72. The molecule has 0 aromatic heterocycles. The van der Waals surface area contributed by atoms with E-state index >= 15 is 0 Å². The lowest BCUT2D eigenvalue weighted by Crippen LogP contribution is -2.46. The van der Waals surface area contributed by atoms with Crippen LogP contribution in [0.2, 0.25) is 0 Å². The van der Waals surface area contributed by atoms with E-state index in [2.05, 4.69) is 20.8 Å². The maximum absolute atomic E-state index is 11.8. The molecule has 0 spiro atoms. The molecule has 0 aliphatic heterocycles. The summed E-state index contributed by atoms with van der Waals surface area (Å²) in [6, 6.07) is 0. The summed E-state index contributed by atoms with van der Waals surface area (Å²) < 4.78 is 10.9. The molecule has 0 bridgehead atoms. The summed E-state index contributed by atoms with van der Waals surface area (Å²) in [6.07, 6.45) is 4.62. The normalized spacial score (nSPS) is 27.5. The summed E-state index contributed by atoms with van der Waals surface area (Å²) in [6.45, 7) is 9.92. The van der Waals surface area contributed by atoms with Gasteiger partial charge in [-0.15, -0.1) is 0 Å². The van der Waals surface area contributed by atoms with Crippen molar-refractivity contribution in [2.75, 3.05) is 13.2 Å². The highest BCUT2D eigenvalue weighted by atomic mass is 16.6. The average molecular weight is 328 g/mol. The molecule has 5 heteroatoms.